The highest BCUT2D eigenvalue weighted by atomic mass is 16.5. The minimum Gasteiger partial charge on any atom is -0.482 e. The Labute approximate surface area is 109 Å². The van der Waals surface area contributed by atoms with E-state index in [0.29, 0.717) is 22.6 Å². The zero-order valence-electron chi connectivity index (χ0n) is 10.4. The van der Waals surface area contributed by atoms with Crippen LogP contribution < -0.4 is 10.1 Å². The number of hydrogen-bond acceptors (Lipinski definition) is 4. The molecule has 19 heavy (non-hydrogen) atoms. The summed E-state index contributed by atoms with van der Waals surface area (Å²) in [6, 6.07) is 3.16. The van der Waals surface area contributed by atoms with Gasteiger partial charge in [-0.15, -0.1) is 0 Å². The number of amides is 1. The molecule has 1 aliphatic rings. The first-order valence-corrected chi connectivity index (χ1v) is 5.79. The second-order valence-corrected chi connectivity index (χ2v) is 4.32. The van der Waals surface area contributed by atoms with E-state index in [4.69, 9.17) is 9.84 Å². The summed E-state index contributed by atoms with van der Waals surface area (Å²) in [6.07, 6.45) is -0.257. The fourth-order valence-corrected chi connectivity index (χ4v) is 1.87. The number of nitrogens with one attached hydrogen (secondary N) is 1. The maximum Gasteiger partial charge on any atom is 0.303 e. The van der Waals surface area contributed by atoms with Crippen LogP contribution in [0.3, 0.4) is 0 Å². The van der Waals surface area contributed by atoms with Gasteiger partial charge in [0.15, 0.2) is 12.4 Å². The van der Waals surface area contributed by atoms with Gasteiger partial charge in [-0.25, -0.2) is 0 Å². The molecule has 0 radical (unpaired) electrons. The van der Waals surface area contributed by atoms with Crippen molar-refractivity contribution in [2.75, 3.05) is 11.9 Å². The topological polar surface area (TPSA) is 92.7 Å². The molecule has 0 spiro atoms. The predicted molar refractivity (Wildman–Crippen MR) is 66.5 cm³/mol. The maximum absolute atomic E-state index is 11.8. The summed E-state index contributed by atoms with van der Waals surface area (Å²) in [5.41, 5.74) is 1.67. The van der Waals surface area contributed by atoms with E-state index in [1.165, 1.54) is 6.07 Å². The molecule has 1 aromatic rings. The van der Waals surface area contributed by atoms with Gasteiger partial charge in [0, 0.05) is 12.0 Å². The molecular weight excluding hydrogens is 250 g/mol. The van der Waals surface area contributed by atoms with Gasteiger partial charge in [-0.1, -0.05) is 0 Å². The van der Waals surface area contributed by atoms with Crippen molar-refractivity contribution in [3.05, 3.63) is 23.3 Å². The van der Waals surface area contributed by atoms with Gasteiger partial charge in [0.2, 0.25) is 0 Å². The van der Waals surface area contributed by atoms with Gasteiger partial charge < -0.3 is 15.2 Å². The highest BCUT2D eigenvalue weighted by Crippen LogP contribution is 2.32. The molecule has 1 aliphatic heterocycles. The van der Waals surface area contributed by atoms with Crippen molar-refractivity contribution < 1.29 is 24.2 Å². The molecule has 100 valence electrons. The quantitative estimate of drug-likeness (QED) is 0.800. The maximum atomic E-state index is 11.8. The molecule has 0 aliphatic carbocycles. The molecule has 6 heteroatoms. The van der Waals surface area contributed by atoms with E-state index in [1.807, 2.05) is 0 Å². The fraction of sp³-hybridized carbons (Fsp3) is 0.308. The Hall–Kier alpha value is -2.37. The van der Waals surface area contributed by atoms with Gasteiger partial charge in [-0.2, -0.15) is 0 Å². The SMILES string of the molecule is Cc1cc(C(=O)CCC(=O)O)cc2c1NC(=O)CO2. The third-order valence-corrected chi connectivity index (χ3v) is 2.81. The van der Waals surface area contributed by atoms with Crippen molar-refractivity contribution in [1.82, 2.24) is 0 Å². The van der Waals surface area contributed by atoms with Crippen LogP contribution in [0.1, 0.15) is 28.8 Å². The molecule has 1 heterocycles. The number of ether oxygens (including phenoxy) is 1. The molecule has 2 rings (SSSR count). The minimum absolute atomic E-state index is 0.0556. The number of fused-ring (bicyclic) bond motifs is 1. The van der Waals surface area contributed by atoms with Crippen LogP contribution >= 0.6 is 0 Å². The lowest BCUT2D eigenvalue weighted by atomic mass is 10.0. The highest BCUT2D eigenvalue weighted by Gasteiger charge is 2.20. The third kappa shape index (κ3) is 2.90. The first-order valence-electron chi connectivity index (χ1n) is 5.79. The van der Waals surface area contributed by atoms with Crippen LogP contribution in [0, 0.1) is 6.92 Å². The third-order valence-electron chi connectivity index (χ3n) is 2.81. The second-order valence-electron chi connectivity index (χ2n) is 4.32. The largest absolute Gasteiger partial charge is 0.482 e. The number of ketones is 1. The molecule has 6 nitrogen and oxygen atoms in total. The number of aliphatic carboxylic acids is 1. The van der Waals surface area contributed by atoms with Crippen LogP contribution in [0.5, 0.6) is 5.75 Å². The molecule has 1 aromatic carbocycles. The summed E-state index contributed by atoms with van der Waals surface area (Å²) in [5, 5.41) is 11.2. The van der Waals surface area contributed by atoms with Crippen LogP contribution in [0.4, 0.5) is 5.69 Å². The molecule has 0 saturated carbocycles. The normalized spacial score (nSPS) is 13.2. The van der Waals surface area contributed by atoms with Crippen LogP contribution in [0.15, 0.2) is 12.1 Å². The van der Waals surface area contributed by atoms with E-state index in [9.17, 15) is 14.4 Å². The number of rotatable bonds is 4. The zero-order chi connectivity index (χ0) is 14.0. The Morgan fingerprint density at radius 1 is 1.37 bits per heavy atom. The molecule has 0 saturated heterocycles. The number of aryl methyl sites for hydroxylation is 1. The lowest BCUT2D eigenvalue weighted by molar-refractivity contribution is -0.137. The monoisotopic (exact) mass is 263 g/mol. The molecule has 0 aromatic heterocycles. The molecular formula is C13H13NO5. The summed E-state index contributed by atoms with van der Waals surface area (Å²) in [7, 11) is 0. The Kier molecular flexibility index (Phi) is 3.50. The number of Topliss-reactive ketones (excluding diaryl/α,β-unsaturated/α-hetero) is 1. The average molecular weight is 263 g/mol. The Morgan fingerprint density at radius 3 is 2.79 bits per heavy atom. The number of carboxylic acids is 1. The first-order chi connectivity index (χ1) is 8.97. The lowest BCUT2D eigenvalue weighted by Gasteiger charge is -2.20. The summed E-state index contributed by atoms with van der Waals surface area (Å²) in [4.78, 5) is 33.5. The molecule has 2 N–H and O–H groups in total. The molecule has 0 unspecified atom stereocenters. The predicted octanol–water partition coefficient (Wildman–Crippen LogP) is 1.37. The molecule has 0 fully saturated rings. The van der Waals surface area contributed by atoms with Crippen molar-refractivity contribution in [1.29, 1.82) is 0 Å². The number of carbonyl (C=O) groups excluding carboxylic acids is 2. The van der Waals surface area contributed by atoms with E-state index < -0.39 is 5.97 Å². The van der Waals surface area contributed by atoms with Gasteiger partial charge in [-0.3, -0.25) is 14.4 Å². The highest BCUT2D eigenvalue weighted by molar-refractivity contribution is 6.01. The van der Waals surface area contributed by atoms with Crippen molar-refractivity contribution in [3.8, 4) is 5.75 Å². The van der Waals surface area contributed by atoms with Gasteiger partial charge in [0.25, 0.3) is 5.91 Å². The summed E-state index contributed by atoms with van der Waals surface area (Å²) < 4.78 is 5.25. The number of hydrogen-bond donors (Lipinski definition) is 2. The van der Waals surface area contributed by atoms with Crippen LogP contribution in [0.25, 0.3) is 0 Å². The molecule has 0 atom stereocenters. The molecule has 0 bridgehead atoms. The number of benzene rings is 1. The number of carboxylic acid groups (broad SMARTS) is 1. The van der Waals surface area contributed by atoms with Crippen molar-refractivity contribution in [2.45, 2.75) is 19.8 Å². The number of anilines is 1. The van der Waals surface area contributed by atoms with Crippen LogP contribution in [-0.4, -0.2) is 29.4 Å². The van der Waals surface area contributed by atoms with Crippen molar-refractivity contribution in [2.24, 2.45) is 0 Å². The summed E-state index contributed by atoms with van der Waals surface area (Å²) >= 11 is 0. The van der Waals surface area contributed by atoms with Gasteiger partial charge in [-0.05, 0) is 24.6 Å². The van der Waals surface area contributed by atoms with Crippen LogP contribution in [0.2, 0.25) is 0 Å². The lowest BCUT2D eigenvalue weighted by Crippen LogP contribution is -2.26. The Morgan fingerprint density at radius 2 is 2.11 bits per heavy atom. The Bertz CT molecular complexity index is 564. The van der Waals surface area contributed by atoms with E-state index in [2.05, 4.69) is 5.32 Å². The van der Waals surface area contributed by atoms with Crippen LogP contribution in [-0.2, 0) is 9.59 Å². The Balaban J connectivity index is 2.24. The van der Waals surface area contributed by atoms with Gasteiger partial charge in [0.05, 0.1) is 12.1 Å². The average Bonchev–Trinajstić information content (AvgIpc) is 2.36. The van der Waals surface area contributed by atoms with E-state index in [0.717, 1.165) is 0 Å². The minimum atomic E-state index is -1.01. The van der Waals surface area contributed by atoms with Gasteiger partial charge in [0.1, 0.15) is 5.75 Å². The summed E-state index contributed by atoms with van der Waals surface area (Å²) in [5.74, 6) is -1.06. The van der Waals surface area contributed by atoms with E-state index >= 15 is 0 Å². The van der Waals surface area contributed by atoms with Crippen molar-refractivity contribution >= 4 is 23.3 Å². The zero-order valence-corrected chi connectivity index (χ0v) is 10.4. The summed E-state index contributed by atoms with van der Waals surface area (Å²) in [6.45, 7) is 1.67. The number of carbonyl (C=O) groups is 3. The first kappa shape index (κ1) is 13.1. The smallest absolute Gasteiger partial charge is 0.303 e. The standard InChI is InChI=1S/C13H13NO5/c1-7-4-8(9(15)2-3-12(17)18)5-10-13(7)14-11(16)6-19-10/h4-5H,2-3,6H2,1H3,(H,14,16)(H,17,18). The molecule has 1 amide bonds. The van der Waals surface area contributed by atoms with E-state index in [-0.39, 0.29) is 31.1 Å². The second kappa shape index (κ2) is 5.09. The van der Waals surface area contributed by atoms with Gasteiger partial charge >= 0.3 is 5.97 Å². The van der Waals surface area contributed by atoms with Crippen molar-refractivity contribution in [3.63, 3.8) is 0 Å². The van der Waals surface area contributed by atoms with E-state index in [1.54, 1.807) is 13.0 Å². The fourth-order valence-electron chi connectivity index (χ4n) is 1.87.